The highest BCUT2D eigenvalue weighted by Crippen LogP contribution is 2.45. The van der Waals surface area contributed by atoms with E-state index >= 15 is 0 Å². The van der Waals surface area contributed by atoms with Crippen molar-refractivity contribution in [2.45, 2.75) is 38.1 Å². The van der Waals surface area contributed by atoms with Crippen molar-refractivity contribution in [2.75, 3.05) is 0 Å². The lowest BCUT2D eigenvalue weighted by Crippen LogP contribution is -2.13. The molecule has 0 bridgehead atoms. The monoisotopic (exact) mass is 667 g/mol. The highest BCUT2D eigenvalue weighted by molar-refractivity contribution is 6.27. The molecule has 0 saturated carbocycles. The summed E-state index contributed by atoms with van der Waals surface area (Å²) in [6, 6.07) is 53.7. The number of allylic oxidation sites excluding steroid dienone is 3. The molecule has 0 fully saturated rings. The molecule has 11 rings (SSSR count). The molecule has 0 amide bonds. The summed E-state index contributed by atoms with van der Waals surface area (Å²) in [4.78, 5) is 5.55. The summed E-state index contributed by atoms with van der Waals surface area (Å²) in [5.74, 6) is 0. The molecule has 1 unspecified atom stereocenters. The zero-order valence-corrected chi connectivity index (χ0v) is 29.0. The summed E-state index contributed by atoms with van der Waals surface area (Å²) in [6.45, 7) is 0. The van der Waals surface area contributed by atoms with E-state index in [0.29, 0.717) is 0 Å². The van der Waals surface area contributed by atoms with E-state index in [9.17, 15) is 0 Å². The van der Waals surface area contributed by atoms with Crippen LogP contribution in [0.2, 0.25) is 0 Å². The largest absolute Gasteiger partial charge is 0.313 e. The van der Waals surface area contributed by atoms with Gasteiger partial charge >= 0.3 is 0 Å². The van der Waals surface area contributed by atoms with Crippen LogP contribution in [-0.2, 0) is 0 Å². The Labute approximate surface area is 302 Å². The molecule has 248 valence electrons. The Morgan fingerprint density at radius 1 is 0.519 bits per heavy atom. The van der Waals surface area contributed by atoms with Crippen LogP contribution in [-0.4, -0.2) is 14.8 Å². The number of rotatable bonds is 4. The van der Waals surface area contributed by atoms with Crippen molar-refractivity contribution in [3.63, 3.8) is 0 Å². The van der Waals surface area contributed by atoms with Crippen LogP contribution < -0.4 is 0 Å². The van der Waals surface area contributed by atoms with Crippen LogP contribution in [0.15, 0.2) is 163 Å². The predicted molar refractivity (Wildman–Crippen MR) is 221 cm³/mol. The molecular weight excluding hydrogens is 631 g/mol. The van der Waals surface area contributed by atoms with Gasteiger partial charge in [-0.2, -0.15) is 0 Å². The maximum absolute atomic E-state index is 5.55. The lowest BCUT2D eigenvalue weighted by atomic mass is 9.94. The SMILES string of the molecule is C1=C(n2c3ccccc3c3c2ccc2c4ccccc4n(C4=CC(c5ccc6ccccc6c5)=NC(c5ccc6ccccc6c5)C4)c23)CCCC1. The summed E-state index contributed by atoms with van der Waals surface area (Å²) in [6.07, 6.45) is 10.4. The normalized spacial score (nSPS) is 16.6. The van der Waals surface area contributed by atoms with Crippen molar-refractivity contribution in [2.24, 2.45) is 4.99 Å². The van der Waals surface area contributed by atoms with E-state index in [0.717, 1.165) is 30.5 Å². The Hall–Kier alpha value is -6.19. The number of para-hydroxylation sites is 2. The molecule has 52 heavy (non-hydrogen) atoms. The molecule has 9 aromatic rings. The van der Waals surface area contributed by atoms with Gasteiger partial charge in [0.1, 0.15) is 0 Å². The molecule has 0 spiro atoms. The summed E-state index contributed by atoms with van der Waals surface area (Å²) in [7, 11) is 0. The van der Waals surface area contributed by atoms with Gasteiger partial charge < -0.3 is 9.13 Å². The lowest BCUT2D eigenvalue weighted by Gasteiger charge is -2.24. The standard InChI is InChI=1S/C49H37N3/c1-2-16-38(17-3-1)51-46-21-11-9-19-42(46)48-47(51)27-26-41-40-18-8-10-20-45(40)52(49(41)48)39-30-43(36-24-22-32-12-4-6-14-34(32)28-36)50-44(31-39)37-25-23-33-13-5-7-15-35(33)29-37/h4-16,18-30,44H,1-3,17,31H2. The van der Waals surface area contributed by atoms with E-state index in [-0.39, 0.29) is 6.04 Å². The van der Waals surface area contributed by atoms with Crippen LogP contribution in [0.1, 0.15) is 49.3 Å². The van der Waals surface area contributed by atoms with E-state index in [1.807, 2.05) is 0 Å². The van der Waals surface area contributed by atoms with Crippen molar-refractivity contribution in [1.29, 1.82) is 0 Å². The van der Waals surface area contributed by atoms with Crippen molar-refractivity contribution in [3.05, 3.63) is 169 Å². The van der Waals surface area contributed by atoms with Gasteiger partial charge in [0.15, 0.2) is 0 Å². The smallest absolute Gasteiger partial charge is 0.0811 e. The molecule has 1 atom stereocenters. The molecule has 7 aromatic carbocycles. The molecule has 1 aliphatic carbocycles. The van der Waals surface area contributed by atoms with Crippen molar-refractivity contribution < 1.29 is 0 Å². The molecule has 1 aliphatic heterocycles. The van der Waals surface area contributed by atoms with E-state index in [1.165, 1.54) is 95.0 Å². The van der Waals surface area contributed by atoms with Gasteiger partial charge in [0.2, 0.25) is 0 Å². The number of aromatic nitrogens is 2. The van der Waals surface area contributed by atoms with Crippen LogP contribution in [0, 0.1) is 0 Å². The third kappa shape index (κ3) is 4.55. The highest BCUT2D eigenvalue weighted by atomic mass is 15.0. The molecule has 0 radical (unpaired) electrons. The zero-order valence-electron chi connectivity index (χ0n) is 29.0. The first kappa shape index (κ1) is 29.5. The number of benzene rings is 7. The van der Waals surface area contributed by atoms with Gasteiger partial charge in [0, 0.05) is 44.9 Å². The minimum Gasteiger partial charge on any atom is -0.313 e. The molecule has 3 heterocycles. The molecular formula is C49H37N3. The molecule has 0 saturated heterocycles. The quantitative estimate of drug-likeness (QED) is 0.178. The van der Waals surface area contributed by atoms with Gasteiger partial charge in [-0.1, -0.05) is 121 Å². The molecule has 3 nitrogen and oxygen atoms in total. The second kappa shape index (κ2) is 11.7. The number of aliphatic imine (C=N–C) groups is 1. The average molecular weight is 668 g/mol. The predicted octanol–water partition coefficient (Wildman–Crippen LogP) is 13.1. The summed E-state index contributed by atoms with van der Waals surface area (Å²) < 4.78 is 5.14. The molecule has 2 aliphatic rings. The first-order valence-electron chi connectivity index (χ1n) is 18.7. The minimum absolute atomic E-state index is 0.0322. The maximum Gasteiger partial charge on any atom is 0.0811 e. The van der Waals surface area contributed by atoms with Crippen molar-refractivity contribution >= 4 is 82.3 Å². The fraction of sp³-hybridized carbons (Fsp3) is 0.122. The second-order valence-electron chi connectivity index (χ2n) is 14.5. The van der Waals surface area contributed by atoms with E-state index < -0.39 is 0 Å². The Kier molecular flexibility index (Phi) is 6.63. The summed E-state index contributed by atoms with van der Waals surface area (Å²) in [5, 5.41) is 10.2. The maximum atomic E-state index is 5.55. The fourth-order valence-corrected chi connectivity index (χ4v) is 9.08. The van der Waals surface area contributed by atoms with Gasteiger partial charge in [0.25, 0.3) is 0 Å². The first-order valence-corrected chi connectivity index (χ1v) is 18.7. The molecule has 3 heteroatoms. The van der Waals surface area contributed by atoms with Gasteiger partial charge in [-0.3, -0.25) is 4.99 Å². The van der Waals surface area contributed by atoms with Crippen LogP contribution in [0.5, 0.6) is 0 Å². The number of hydrogen-bond acceptors (Lipinski definition) is 1. The topological polar surface area (TPSA) is 22.2 Å². The fourth-order valence-electron chi connectivity index (χ4n) is 9.08. The third-order valence-electron chi connectivity index (χ3n) is 11.5. The van der Waals surface area contributed by atoms with Gasteiger partial charge in [-0.05, 0) is 89.2 Å². The third-order valence-corrected chi connectivity index (χ3v) is 11.5. The summed E-state index contributed by atoms with van der Waals surface area (Å²) in [5.41, 5.74) is 11.2. The number of nitrogens with zero attached hydrogens (tertiary/aromatic N) is 3. The van der Waals surface area contributed by atoms with Crippen molar-refractivity contribution in [1.82, 2.24) is 9.13 Å². The Balaban J connectivity index is 1.20. The Bertz CT molecular complexity index is 3000. The molecule has 2 aromatic heterocycles. The van der Waals surface area contributed by atoms with Crippen LogP contribution >= 0.6 is 0 Å². The number of fused-ring (bicyclic) bond motifs is 9. The van der Waals surface area contributed by atoms with Crippen LogP contribution in [0.4, 0.5) is 0 Å². The van der Waals surface area contributed by atoms with Gasteiger partial charge in [0.05, 0.1) is 33.8 Å². The highest BCUT2D eigenvalue weighted by Gasteiger charge is 2.26. The first-order chi connectivity index (χ1) is 25.8. The Morgan fingerprint density at radius 2 is 1.21 bits per heavy atom. The van der Waals surface area contributed by atoms with Gasteiger partial charge in [-0.25, -0.2) is 0 Å². The number of dihydropyridines is 1. The lowest BCUT2D eigenvalue weighted by molar-refractivity contribution is 0.724. The van der Waals surface area contributed by atoms with Gasteiger partial charge in [-0.15, -0.1) is 0 Å². The molecule has 0 N–H and O–H groups in total. The van der Waals surface area contributed by atoms with Crippen molar-refractivity contribution in [3.8, 4) is 0 Å². The minimum atomic E-state index is -0.0322. The average Bonchev–Trinajstić information content (AvgIpc) is 3.74. The number of hydrogen-bond donors (Lipinski definition) is 0. The zero-order chi connectivity index (χ0) is 34.2. The second-order valence-corrected chi connectivity index (χ2v) is 14.5. The van der Waals surface area contributed by atoms with E-state index in [1.54, 1.807) is 0 Å². The van der Waals surface area contributed by atoms with E-state index in [2.05, 4.69) is 167 Å². The summed E-state index contributed by atoms with van der Waals surface area (Å²) >= 11 is 0. The van der Waals surface area contributed by atoms with E-state index in [4.69, 9.17) is 4.99 Å². The Morgan fingerprint density at radius 3 is 2.00 bits per heavy atom. The van der Waals surface area contributed by atoms with Crippen LogP contribution in [0.25, 0.3) is 76.6 Å². The van der Waals surface area contributed by atoms with Crippen LogP contribution in [0.3, 0.4) is 0 Å².